The summed E-state index contributed by atoms with van der Waals surface area (Å²) in [7, 11) is 0. The van der Waals surface area contributed by atoms with Crippen LogP contribution in [-0.2, 0) is 14.3 Å². The molecule has 0 aromatic carbocycles. The monoisotopic (exact) mass is 243 g/mol. The maximum Gasteiger partial charge on any atom is 0.323 e. The Labute approximate surface area is 104 Å². The van der Waals surface area contributed by atoms with Crippen molar-refractivity contribution in [2.24, 2.45) is 0 Å². The highest BCUT2D eigenvalue weighted by Gasteiger charge is 2.39. The van der Waals surface area contributed by atoms with Gasteiger partial charge in [0.15, 0.2) is 0 Å². The molecule has 1 fully saturated rings. The lowest BCUT2D eigenvalue weighted by Gasteiger charge is -2.33. The fourth-order valence-electron chi connectivity index (χ4n) is 2.20. The maximum absolute atomic E-state index is 11.8. The van der Waals surface area contributed by atoms with Crippen LogP contribution in [0.1, 0.15) is 47.0 Å². The first-order valence-electron chi connectivity index (χ1n) is 6.59. The Bertz CT molecular complexity index is 257. The van der Waals surface area contributed by atoms with Crippen molar-refractivity contribution in [1.29, 1.82) is 0 Å². The molecule has 100 valence electrons. The summed E-state index contributed by atoms with van der Waals surface area (Å²) < 4.78 is 10.7. The zero-order valence-corrected chi connectivity index (χ0v) is 11.4. The zero-order valence-electron chi connectivity index (χ0n) is 11.4. The molecule has 1 aliphatic rings. The van der Waals surface area contributed by atoms with Crippen molar-refractivity contribution in [3.05, 3.63) is 0 Å². The standard InChI is InChI=1S/C13H25NO3/c1-5-7-11(12(15)16-6-2)14-13(4)8-9-17-10(13)3/h10-11,14H,5-9H2,1-4H3. The van der Waals surface area contributed by atoms with E-state index < -0.39 is 0 Å². The minimum absolute atomic E-state index is 0.118. The van der Waals surface area contributed by atoms with Gasteiger partial charge in [-0.05, 0) is 33.6 Å². The Kier molecular flexibility index (Phi) is 5.40. The quantitative estimate of drug-likeness (QED) is 0.724. The van der Waals surface area contributed by atoms with Crippen molar-refractivity contribution in [3.8, 4) is 0 Å². The van der Waals surface area contributed by atoms with Gasteiger partial charge in [-0.3, -0.25) is 10.1 Å². The van der Waals surface area contributed by atoms with Crippen LogP contribution < -0.4 is 5.32 Å². The zero-order chi connectivity index (χ0) is 12.9. The largest absolute Gasteiger partial charge is 0.465 e. The van der Waals surface area contributed by atoms with Crippen LogP contribution in [0.5, 0.6) is 0 Å². The number of nitrogens with one attached hydrogen (secondary N) is 1. The van der Waals surface area contributed by atoms with E-state index in [1.54, 1.807) is 0 Å². The summed E-state index contributed by atoms with van der Waals surface area (Å²) in [6.07, 6.45) is 2.84. The Hall–Kier alpha value is -0.610. The van der Waals surface area contributed by atoms with Crippen LogP contribution in [0, 0.1) is 0 Å². The minimum atomic E-state index is -0.214. The van der Waals surface area contributed by atoms with Crippen LogP contribution in [0.2, 0.25) is 0 Å². The third-order valence-electron chi connectivity index (χ3n) is 3.54. The Morgan fingerprint density at radius 3 is 2.76 bits per heavy atom. The topological polar surface area (TPSA) is 47.6 Å². The van der Waals surface area contributed by atoms with Crippen LogP contribution >= 0.6 is 0 Å². The number of carbonyl (C=O) groups is 1. The van der Waals surface area contributed by atoms with Crippen LogP contribution in [0.3, 0.4) is 0 Å². The van der Waals surface area contributed by atoms with Gasteiger partial charge in [0.2, 0.25) is 0 Å². The molecule has 0 spiro atoms. The predicted molar refractivity (Wildman–Crippen MR) is 66.9 cm³/mol. The summed E-state index contributed by atoms with van der Waals surface area (Å²) in [5.74, 6) is -0.144. The molecule has 0 bridgehead atoms. The van der Waals surface area contributed by atoms with Gasteiger partial charge in [-0.15, -0.1) is 0 Å². The first-order chi connectivity index (χ1) is 8.03. The summed E-state index contributed by atoms with van der Waals surface area (Å²) in [6, 6.07) is -0.214. The van der Waals surface area contributed by atoms with Gasteiger partial charge in [-0.25, -0.2) is 0 Å². The van der Waals surface area contributed by atoms with E-state index in [0.717, 1.165) is 25.9 Å². The van der Waals surface area contributed by atoms with Gasteiger partial charge in [0.1, 0.15) is 6.04 Å². The Balaban J connectivity index is 2.62. The minimum Gasteiger partial charge on any atom is -0.465 e. The Morgan fingerprint density at radius 2 is 2.29 bits per heavy atom. The van der Waals surface area contributed by atoms with Crippen LogP contribution in [-0.4, -0.2) is 36.9 Å². The predicted octanol–water partition coefficient (Wildman–Crippen LogP) is 1.88. The lowest BCUT2D eigenvalue weighted by atomic mass is 9.92. The van der Waals surface area contributed by atoms with Crippen LogP contribution in [0.15, 0.2) is 0 Å². The summed E-state index contributed by atoms with van der Waals surface area (Å²) in [5, 5.41) is 3.43. The molecule has 0 radical (unpaired) electrons. The second-order valence-electron chi connectivity index (χ2n) is 4.92. The van der Waals surface area contributed by atoms with Gasteiger partial charge in [-0.1, -0.05) is 13.3 Å². The van der Waals surface area contributed by atoms with Crippen molar-refractivity contribution in [1.82, 2.24) is 5.32 Å². The van der Waals surface area contributed by atoms with E-state index in [1.165, 1.54) is 0 Å². The van der Waals surface area contributed by atoms with Gasteiger partial charge in [0.05, 0.1) is 12.7 Å². The van der Waals surface area contributed by atoms with E-state index in [0.29, 0.717) is 6.61 Å². The van der Waals surface area contributed by atoms with E-state index in [1.807, 2.05) is 13.8 Å². The average Bonchev–Trinajstić information content (AvgIpc) is 2.59. The normalized spacial score (nSPS) is 30.2. The molecule has 0 saturated carbocycles. The molecular weight excluding hydrogens is 218 g/mol. The Morgan fingerprint density at radius 1 is 1.59 bits per heavy atom. The van der Waals surface area contributed by atoms with Crippen molar-refractivity contribution in [2.75, 3.05) is 13.2 Å². The maximum atomic E-state index is 11.8. The van der Waals surface area contributed by atoms with Gasteiger partial charge >= 0.3 is 5.97 Å². The molecule has 0 amide bonds. The highest BCUT2D eigenvalue weighted by atomic mass is 16.5. The van der Waals surface area contributed by atoms with Crippen molar-refractivity contribution >= 4 is 5.97 Å². The SMILES string of the molecule is CCCC(NC1(C)CCOC1C)C(=O)OCC. The molecule has 1 rings (SSSR count). The summed E-state index contributed by atoms with van der Waals surface area (Å²) in [4.78, 5) is 11.8. The summed E-state index contributed by atoms with van der Waals surface area (Å²) in [6.45, 7) is 9.27. The van der Waals surface area contributed by atoms with E-state index in [2.05, 4.69) is 19.2 Å². The molecule has 4 heteroatoms. The fourth-order valence-corrected chi connectivity index (χ4v) is 2.20. The molecule has 3 atom stereocenters. The molecule has 0 aromatic heterocycles. The number of carbonyl (C=O) groups excluding carboxylic acids is 1. The lowest BCUT2D eigenvalue weighted by molar-refractivity contribution is -0.146. The van der Waals surface area contributed by atoms with Gasteiger partial charge in [-0.2, -0.15) is 0 Å². The lowest BCUT2D eigenvalue weighted by Crippen LogP contribution is -2.55. The first-order valence-corrected chi connectivity index (χ1v) is 6.59. The van der Waals surface area contributed by atoms with E-state index in [-0.39, 0.29) is 23.7 Å². The van der Waals surface area contributed by atoms with Gasteiger partial charge in [0.25, 0.3) is 0 Å². The number of esters is 1. The van der Waals surface area contributed by atoms with Crippen LogP contribution in [0.25, 0.3) is 0 Å². The van der Waals surface area contributed by atoms with Crippen molar-refractivity contribution in [2.45, 2.75) is 64.6 Å². The smallest absolute Gasteiger partial charge is 0.323 e. The van der Waals surface area contributed by atoms with Crippen molar-refractivity contribution in [3.63, 3.8) is 0 Å². The second-order valence-corrected chi connectivity index (χ2v) is 4.92. The summed E-state index contributed by atoms with van der Waals surface area (Å²) in [5.41, 5.74) is -0.118. The molecule has 3 unspecified atom stereocenters. The fraction of sp³-hybridized carbons (Fsp3) is 0.923. The highest BCUT2D eigenvalue weighted by Crippen LogP contribution is 2.26. The number of rotatable bonds is 6. The number of ether oxygens (including phenoxy) is 2. The molecule has 1 saturated heterocycles. The van der Waals surface area contributed by atoms with E-state index in [4.69, 9.17) is 9.47 Å². The molecule has 0 aliphatic carbocycles. The molecule has 1 N–H and O–H groups in total. The summed E-state index contributed by atoms with van der Waals surface area (Å²) >= 11 is 0. The highest BCUT2D eigenvalue weighted by molar-refractivity contribution is 5.75. The molecule has 0 aromatic rings. The molecule has 1 heterocycles. The van der Waals surface area contributed by atoms with E-state index >= 15 is 0 Å². The molecular formula is C13H25NO3. The van der Waals surface area contributed by atoms with Gasteiger partial charge < -0.3 is 9.47 Å². The third kappa shape index (κ3) is 3.68. The number of hydrogen-bond donors (Lipinski definition) is 1. The van der Waals surface area contributed by atoms with Crippen molar-refractivity contribution < 1.29 is 14.3 Å². The third-order valence-corrected chi connectivity index (χ3v) is 3.54. The first kappa shape index (κ1) is 14.5. The van der Waals surface area contributed by atoms with E-state index in [9.17, 15) is 4.79 Å². The number of hydrogen-bond acceptors (Lipinski definition) is 4. The molecule has 1 aliphatic heterocycles. The molecule has 4 nitrogen and oxygen atoms in total. The average molecular weight is 243 g/mol. The van der Waals surface area contributed by atoms with Gasteiger partial charge in [0, 0.05) is 12.1 Å². The second kappa shape index (κ2) is 6.36. The molecule has 17 heavy (non-hydrogen) atoms. The van der Waals surface area contributed by atoms with Crippen LogP contribution in [0.4, 0.5) is 0 Å².